The number of nitrogens with one attached hydrogen (secondary N) is 1. The second kappa shape index (κ2) is 5.91. The lowest BCUT2D eigenvalue weighted by atomic mass is 10.2. The summed E-state index contributed by atoms with van der Waals surface area (Å²) in [4.78, 5) is 1.28. The van der Waals surface area contributed by atoms with Gasteiger partial charge in [-0.25, -0.2) is 0 Å². The van der Waals surface area contributed by atoms with Crippen molar-refractivity contribution in [1.82, 2.24) is 0 Å². The highest BCUT2D eigenvalue weighted by Gasteiger charge is 2.09. The molecule has 0 saturated carbocycles. The number of hydrogen-bond donors (Lipinski definition) is 1. The van der Waals surface area contributed by atoms with E-state index < -0.39 is 0 Å². The number of rotatable bonds is 3. The van der Waals surface area contributed by atoms with Crippen LogP contribution in [0.4, 0.5) is 5.69 Å². The summed E-state index contributed by atoms with van der Waals surface area (Å²) in [6.45, 7) is 2.13. The average Bonchev–Trinajstić information content (AvgIpc) is 2.69. The number of thiophene rings is 1. The van der Waals surface area contributed by atoms with Crippen LogP contribution in [-0.2, 0) is 0 Å². The maximum absolute atomic E-state index is 6.19. The number of benzene rings is 1. The van der Waals surface area contributed by atoms with E-state index in [1.54, 1.807) is 11.3 Å². The van der Waals surface area contributed by atoms with Gasteiger partial charge >= 0.3 is 0 Å². The molecular weight excluding hydrogens is 432 g/mol. The van der Waals surface area contributed by atoms with E-state index in [0.29, 0.717) is 0 Å². The first kappa shape index (κ1) is 13.6. The Bertz CT molecular complexity index is 529. The zero-order valence-corrected chi connectivity index (χ0v) is 14.3. The van der Waals surface area contributed by atoms with Gasteiger partial charge in [0.1, 0.15) is 0 Å². The molecule has 0 aliphatic carbocycles. The summed E-state index contributed by atoms with van der Waals surface area (Å²) >= 11 is 13.6. The van der Waals surface area contributed by atoms with Gasteiger partial charge in [0.25, 0.3) is 0 Å². The predicted octanol–water partition coefficient (Wildman–Crippen LogP) is 5.94. The predicted molar refractivity (Wildman–Crippen MR) is 88.2 cm³/mol. The number of hydrogen-bond acceptors (Lipinski definition) is 2. The Morgan fingerprint density at radius 1 is 1.41 bits per heavy atom. The van der Waals surface area contributed by atoms with Crippen molar-refractivity contribution in [1.29, 1.82) is 0 Å². The van der Waals surface area contributed by atoms with Gasteiger partial charge in [-0.15, -0.1) is 11.3 Å². The molecule has 5 heteroatoms. The van der Waals surface area contributed by atoms with E-state index in [1.165, 1.54) is 4.88 Å². The molecule has 0 bridgehead atoms. The van der Waals surface area contributed by atoms with Crippen LogP contribution in [0, 0.1) is 3.57 Å². The summed E-state index contributed by atoms with van der Waals surface area (Å²) in [5, 5.41) is 6.27. The van der Waals surface area contributed by atoms with E-state index in [-0.39, 0.29) is 6.04 Å². The van der Waals surface area contributed by atoms with Crippen LogP contribution in [0.3, 0.4) is 0 Å². The van der Waals surface area contributed by atoms with E-state index in [4.69, 9.17) is 11.6 Å². The maximum Gasteiger partial charge on any atom is 0.0648 e. The van der Waals surface area contributed by atoms with Gasteiger partial charge in [-0.2, -0.15) is 0 Å². The van der Waals surface area contributed by atoms with Crippen LogP contribution in [0.2, 0.25) is 5.02 Å². The lowest BCUT2D eigenvalue weighted by Gasteiger charge is -2.15. The summed E-state index contributed by atoms with van der Waals surface area (Å²) in [6, 6.07) is 8.41. The molecule has 0 spiro atoms. The molecule has 1 aromatic heterocycles. The van der Waals surface area contributed by atoms with Crippen molar-refractivity contribution < 1.29 is 0 Å². The first-order chi connectivity index (χ1) is 8.06. The van der Waals surface area contributed by atoms with Gasteiger partial charge in [-0.1, -0.05) is 11.6 Å². The van der Waals surface area contributed by atoms with Gasteiger partial charge in [-0.3, -0.25) is 0 Å². The van der Waals surface area contributed by atoms with Crippen molar-refractivity contribution in [2.24, 2.45) is 0 Å². The molecule has 0 radical (unpaired) electrons. The van der Waals surface area contributed by atoms with Crippen LogP contribution >= 0.6 is 61.5 Å². The molecule has 17 heavy (non-hydrogen) atoms. The van der Waals surface area contributed by atoms with Crippen LogP contribution in [0.5, 0.6) is 0 Å². The molecule has 0 aliphatic heterocycles. The fraction of sp³-hybridized carbons (Fsp3) is 0.167. The van der Waals surface area contributed by atoms with Crippen molar-refractivity contribution in [3.05, 3.63) is 47.6 Å². The molecular formula is C12H10BrClINS. The topological polar surface area (TPSA) is 12.0 Å². The van der Waals surface area contributed by atoms with Crippen molar-refractivity contribution in [3.8, 4) is 0 Å². The van der Waals surface area contributed by atoms with Crippen molar-refractivity contribution in [2.75, 3.05) is 5.32 Å². The quantitative estimate of drug-likeness (QED) is 0.580. The molecule has 1 nitrogen and oxygen atoms in total. The zero-order valence-electron chi connectivity index (χ0n) is 9.01. The Kier molecular flexibility index (Phi) is 4.74. The van der Waals surface area contributed by atoms with Crippen LogP contribution in [-0.4, -0.2) is 0 Å². The highest BCUT2D eigenvalue weighted by molar-refractivity contribution is 14.1. The number of halogens is 3. The van der Waals surface area contributed by atoms with E-state index in [9.17, 15) is 0 Å². The molecule has 1 atom stereocenters. The molecule has 90 valence electrons. The molecule has 2 aromatic rings. The first-order valence-electron chi connectivity index (χ1n) is 5.02. The largest absolute Gasteiger partial charge is 0.377 e. The fourth-order valence-electron chi connectivity index (χ4n) is 1.47. The van der Waals surface area contributed by atoms with Crippen molar-refractivity contribution in [2.45, 2.75) is 13.0 Å². The molecule has 0 aliphatic rings. The highest BCUT2D eigenvalue weighted by Crippen LogP contribution is 2.31. The molecule has 0 fully saturated rings. The van der Waals surface area contributed by atoms with Gasteiger partial charge in [-0.05, 0) is 69.7 Å². The normalized spacial score (nSPS) is 12.5. The van der Waals surface area contributed by atoms with Gasteiger partial charge in [0.05, 0.1) is 16.8 Å². The SMILES string of the molecule is CC(Nc1ccc(I)cc1Cl)c1cc(Br)cs1. The van der Waals surface area contributed by atoms with E-state index in [0.717, 1.165) is 18.8 Å². The Hall–Kier alpha value is 0.220. The molecule has 0 saturated heterocycles. The summed E-state index contributed by atoms with van der Waals surface area (Å²) in [6.07, 6.45) is 0. The molecule has 1 N–H and O–H groups in total. The van der Waals surface area contributed by atoms with E-state index >= 15 is 0 Å². The van der Waals surface area contributed by atoms with Crippen LogP contribution in [0.25, 0.3) is 0 Å². The van der Waals surface area contributed by atoms with Crippen molar-refractivity contribution >= 4 is 67.1 Å². The van der Waals surface area contributed by atoms with Gasteiger partial charge in [0.2, 0.25) is 0 Å². The lowest BCUT2D eigenvalue weighted by Crippen LogP contribution is -2.05. The third-order valence-electron chi connectivity index (χ3n) is 2.32. The standard InChI is InChI=1S/C12H10BrClINS/c1-7(12-4-8(13)6-17-12)16-11-3-2-9(15)5-10(11)14/h2-7,16H,1H3. The summed E-state index contributed by atoms with van der Waals surface area (Å²) in [5.74, 6) is 0. The molecule has 1 heterocycles. The molecule has 2 rings (SSSR count). The minimum Gasteiger partial charge on any atom is -0.377 e. The molecule has 1 unspecified atom stereocenters. The van der Waals surface area contributed by atoms with Crippen LogP contribution < -0.4 is 5.32 Å². The van der Waals surface area contributed by atoms with Crippen LogP contribution in [0.15, 0.2) is 34.1 Å². The third-order valence-corrected chi connectivity index (χ3v) is 5.18. The first-order valence-corrected chi connectivity index (χ1v) is 8.14. The highest BCUT2D eigenvalue weighted by atomic mass is 127. The summed E-state index contributed by atoms with van der Waals surface area (Å²) < 4.78 is 2.27. The smallest absolute Gasteiger partial charge is 0.0648 e. The Morgan fingerprint density at radius 3 is 2.76 bits per heavy atom. The Labute approximate surface area is 132 Å². The minimum atomic E-state index is 0.254. The van der Waals surface area contributed by atoms with Gasteiger partial charge in [0.15, 0.2) is 0 Å². The van der Waals surface area contributed by atoms with Gasteiger partial charge in [0, 0.05) is 18.3 Å². The second-order valence-corrected chi connectivity index (χ2v) is 7.17. The monoisotopic (exact) mass is 441 g/mol. The summed E-state index contributed by atoms with van der Waals surface area (Å²) in [7, 11) is 0. The Balaban J connectivity index is 2.15. The van der Waals surface area contributed by atoms with Crippen LogP contribution in [0.1, 0.15) is 17.8 Å². The van der Waals surface area contributed by atoms with E-state index in [2.05, 4.69) is 62.2 Å². The van der Waals surface area contributed by atoms with Crippen molar-refractivity contribution in [3.63, 3.8) is 0 Å². The lowest BCUT2D eigenvalue weighted by molar-refractivity contribution is 0.907. The minimum absolute atomic E-state index is 0.254. The van der Waals surface area contributed by atoms with E-state index in [1.807, 2.05) is 18.2 Å². The number of anilines is 1. The average molecular weight is 443 g/mol. The molecule has 0 amide bonds. The third kappa shape index (κ3) is 3.59. The molecule has 1 aromatic carbocycles. The Morgan fingerprint density at radius 2 is 2.18 bits per heavy atom. The summed E-state index contributed by atoms with van der Waals surface area (Å²) in [5.41, 5.74) is 0.976. The second-order valence-electron chi connectivity index (χ2n) is 3.66. The van der Waals surface area contributed by atoms with Gasteiger partial charge < -0.3 is 5.32 Å². The fourth-order valence-corrected chi connectivity index (χ4v) is 3.83. The zero-order chi connectivity index (χ0) is 12.4. The maximum atomic E-state index is 6.19.